The molecule has 0 heterocycles. The summed E-state index contributed by atoms with van der Waals surface area (Å²) in [4.78, 5) is 6.85. The van der Waals surface area contributed by atoms with Crippen molar-refractivity contribution >= 4 is 29.9 Å². The van der Waals surface area contributed by atoms with Crippen LogP contribution in [0.2, 0.25) is 0 Å². The van der Waals surface area contributed by atoms with Crippen LogP contribution in [0.15, 0.2) is 53.5 Å². The van der Waals surface area contributed by atoms with E-state index in [-0.39, 0.29) is 37.2 Å². The van der Waals surface area contributed by atoms with Crippen LogP contribution in [-0.2, 0) is 13.1 Å². The minimum atomic E-state index is -0.0327. The number of guanidine groups is 1. The number of rotatable bonds is 9. The van der Waals surface area contributed by atoms with Gasteiger partial charge in [-0.1, -0.05) is 36.4 Å². The zero-order valence-corrected chi connectivity index (χ0v) is 19.1. The van der Waals surface area contributed by atoms with Gasteiger partial charge in [0.2, 0.25) is 0 Å². The third kappa shape index (κ3) is 7.55. The maximum atomic E-state index is 8.90. The molecule has 0 radical (unpaired) electrons. The third-order valence-electron chi connectivity index (χ3n) is 3.95. The van der Waals surface area contributed by atoms with Gasteiger partial charge in [0.25, 0.3) is 0 Å². The average molecular weight is 499 g/mol. The summed E-state index contributed by atoms with van der Waals surface area (Å²) >= 11 is 0. The van der Waals surface area contributed by atoms with Crippen LogP contribution in [0.5, 0.6) is 11.5 Å². The van der Waals surface area contributed by atoms with Crippen LogP contribution in [0.25, 0.3) is 0 Å². The molecule has 0 saturated heterocycles. The smallest absolute Gasteiger partial charge is 0.194 e. The summed E-state index contributed by atoms with van der Waals surface area (Å²) in [5.41, 5.74) is 2.25. The first-order valence-electron chi connectivity index (χ1n) is 9.11. The van der Waals surface area contributed by atoms with Gasteiger partial charge >= 0.3 is 0 Å². The van der Waals surface area contributed by atoms with Crippen LogP contribution in [0, 0.1) is 0 Å². The molecule has 0 aliphatic carbocycles. The molecule has 0 saturated carbocycles. The largest absolute Gasteiger partial charge is 0.493 e. The van der Waals surface area contributed by atoms with Crippen molar-refractivity contribution in [2.75, 3.05) is 33.9 Å². The van der Waals surface area contributed by atoms with E-state index in [1.807, 2.05) is 43.4 Å². The molecule has 154 valence electrons. The number of aliphatic imine (C=N–C) groups is 1. The molecule has 0 bridgehead atoms. The zero-order valence-electron chi connectivity index (χ0n) is 16.7. The maximum absolute atomic E-state index is 8.90. The van der Waals surface area contributed by atoms with Gasteiger partial charge in [-0.3, -0.25) is 0 Å². The van der Waals surface area contributed by atoms with Gasteiger partial charge in [-0.2, -0.15) is 0 Å². The van der Waals surface area contributed by atoms with E-state index in [0.717, 1.165) is 24.6 Å². The molecule has 2 rings (SSSR count). The number of hydrogen-bond donors (Lipinski definition) is 2. The Balaban J connectivity index is 0.00000392. The van der Waals surface area contributed by atoms with Crippen molar-refractivity contribution in [3.8, 4) is 11.5 Å². The van der Waals surface area contributed by atoms with Crippen LogP contribution in [0.4, 0.5) is 0 Å². The quantitative estimate of drug-likeness (QED) is 0.315. The van der Waals surface area contributed by atoms with E-state index >= 15 is 0 Å². The predicted octanol–water partition coefficient (Wildman–Crippen LogP) is 3.28. The topological polar surface area (TPSA) is 66.3 Å². The second-order valence-electron chi connectivity index (χ2n) is 6.07. The fraction of sp³-hybridized carbons (Fsp3) is 0.381. The Kier molecular flexibility index (Phi) is 11.4. The Hall–Kier alpha value is -2.00. The van der Waals surface area contributed by atoms with Gasteiger partial charge in [0.15, 0.2) is 17.5 Å². The minimum Gasteiger partial charge on any atom is -0.493 e. The molecule has 0 fully saturated rings. The van der Waals surface area contributed by atoms with Crippen LogP contribution < -0.4 is 14.8 Å². The van der Waals surface area contributed by atoms with Gasteiger partial charge in [-0.05, 0) is 30.2 Å². The number of benzene rings is 2. The van der Waals surface area contributed by atoms with Crippen molar-refractivity contribution in [2.24, 2.45) is 4.99 Å². The molecule has 0 amide bonds. The number of halogens is 1. The standard InChI is InChI=1S/C21H29N3O3.HI/c1-4-22-21(24(2)16-17-8-6-5-7-9-17)23-15-18-10-11-19(27-13-12-25)20(14-18)26-3;/h5-11,14,25H,4,12-13,15-16H2,1-3H3,(H,22,23);1H. The van der Waals surface area contributed by atoms with Gasteiger partial charge in [0.1, 0.15) is 6.61 Å². The number of aliphatic hydroxyl groups is 1. The second kappa shape index (κ2) is 13.2. The second-order valence-corrected chi connectivity index (χ2v) is 6.07. The fourth-order valence-electron chi connectivity index (χ4n) is 2.65. The van der Waals surface area contributed by atoms with E-state index in [2.05, 4.69) is 29.3 Å². The highest BCUT2D eigenvalue weighted by molar-refractivity contribution is 14.0. The number of nitrogens with one attached hydrogen (secondary N) is 1. The van der Waals surface area contributed by atoms with Crippen molar-refractivity contribution in [1.82, 2.24) is 10.2 Å². The molecule has 0 spiro atoms. The average Bonchev–Trinajstić information content (AvgIpc) is 2.70. The Bertz CT molecular complexity index is 726. The normalized spacial score (nSPS) is 10.8. The molecule has 2 aromatic rings. The molecular formula is C21H30IN3O3. The molecular weight excluding hydrogens is 469 g/mol. The highest BCUT2D eigenvalue weighted by atomic mass is 127. The predicted molar refractivity (Wildman–Crippen MR) is 124 cm³/mol. The molecule has 0 atom stereocenters. The summed E-state index contributed by atoms with van der Waals surface area (Å²) in [5, 5.41) is 12.2. The zero-order chi connectivity index (χ0) is 19.5. The fourth-order valence-corrected chi connectivity index (χ4v) is 2.65. The number of ether oxygens (including phenoxy) is 2. The lowest BCUT2D eigenvalue weighted by molar-refractivity contribution is 0.196. The van der Waals surface area contributed by atoms with E-state index in [1.54, 1.807) is 7.11 Å². The van der Waals surface area contributed by atoms with Gasteiger partial charge < -0.3 is 24.8 Å². The van der Waals surface area contributed by atoms with Gasteiger partial charge in [0.05, 0.1) is 20.3 Å². The lowest BCUT2D eigenvalue weighted by Crippen LogP contribution is -2.38. The molecule has 6 nitrogen and oxygen atoms in total. The van der Waals surface area contributed by atoms with Crippen molar-refractivity contribution < 1.29 is 14.6 Å². The van der Waals surface area contributed by atoms with Gasteiger partial charge in [0, 0.05) is 20.1 Å². The SMILES string of the molecule is CCNC(=NCc1ccc(OCCO)c(OC)c1)N(C)Cc1ccccc1.I. The highest BCUT2D eigenvalue weighted by Gasteiger charge is 2.08. The van der Waals surface area contributed by atoms with Gasteiger partial charge in [-0.25, -0.2) is 4.99 Å². The molecule has 2 N–H and O–H groups in total. The highest BCUT2D eigenvalue weighted by Crippen LogP contribution is 2.28. The number of nitrogens with zero attached hydrogens (tertiary/aromatic N) is 2. The first-order chi connectivity index (χ1) is 13.2. The van der Waals surface area contributed by atoms with E-state index in [4.69, 9.17) is 19.6 Å². The lowest BCUT2D eigenvalue weighted by atomic mass is 10.2. The first-order valence-corrected chi connectivity index (χ1v) is 9.11. The van der Waals surface area contributed by atoms with Crippen LogP contribution >= 0.6 is 24.0 Å². The van der Waals surface area contributed by atoms with Crippen LogP contribution in [-0.4, -0.2) is 49.9 Å². The lowest BCUT2D eigenvalue weighted by Gasteiger charge is -2.22. The molecule has 28 heavy (non-hydrogen) atoms. The monoisotopic (exact) mass is 499 g/mol. The maximum Gasteiger partial charge on any atom is 0.194 e. The number of aliphatic hydroxyl groups excluding tert-OH is 1. The summed E-state index contributed by atoms with van der Waals surface area (Å²) in [6.07, 6.45) is 0. The Morgan fingerprint density at radius 1 is 1.11 bits per heavy atom. The van der Waals surface area contributed by atoms with Crippen molar-refractivity contribution in [1.29, 1.82) is 0 Å². The van der Waals surface area contributed by atoms with E-state index in [9.17, 15) is 0 Å². The first kappa shape index (κ1) is 24.0. The Morgan fingerprint density at radius 3 is 2.50 bits per heavy atom. The molecule has 7 heteroatoms. The van der Waals surface area contributed by atoms with E-state index in [0.29, 0.717) is 18.0 Å². The van der Waals surface area contributed by atoms with Crippen LogP contribution in [0.3, 0.4) is 0 Å². The molecule has 0 aliphatic heterocycles. The summed E-state index contributed by atoms with van der Waals surface area (Å²) < 4.78 is 10.9. The molecule has 0 aromatic heterocycles. The summed E-state index contributed by atoms with van der Waals surface area (Å²) in [6, 6.07) is 16.0. The Morgan fingerprint density at radius 2 is 1.86 bits per heavy atom. The van der Waals surface area contributed by atoms with Gasteiger partial charge in [-0.15, -0.1) is 24.0 Å². The van der Waals surface area contributed by atoms with Crippen molar-refractivity contribution in [3.63, 3.8) is 0 Å². The number of hydrogen-bond acceptors (Lipinski definition) is 4. The molecule has 2 aromatic carbocycles. The number of methoxy groups -OCH3 is 1. The molecule has 0 aliphatic rings. The van der Waals surface area contributed by atoms with Crippen LogP contribution in [0.1, 0.15) is 18.1 Å². The van der Waals surface area contributed by atoms with E-state index < -0.39 is 0 Å². The summed E-state index contributed by atoms with van der Waals surface area (Å²) in [5.74, 6) is 2.10. The Labute approximate surface area is 184 Å². The third-order valence-corrected chi connectivity index (χ3v) is 3.95. The minimum absolute atomic E-state index is 0. The summed E-state index contributed by atoms with van der Waals surface area (Å²) in [7, 11) is 3.63. The van der Waals surface area contributed by atoms with E-state index in [1.165, 1.54) is 5.56 Å². The summed E-state index contributed by atoms with van der Waals surface area (Å²) in [6.45, 7) is 4.37. The molecule has 0 unspecified atom stereocenters. The van der Waals surface area contributed by atoms with Crippen molar-refractivity contribution in [2.45, 2.75) is 20.0 Å². The van der Waals surface area contributed by atoms with Crippen molar-refractivity contribution in [3.05, 3.63) is 59.7 Å².